The van der Waals surface area contributed by atoms with Crippen LogP contribution in [0, 0.1) is 5.92 Å². The molecule has 1 aromatic carbocycles. The van der Waals surface area contributed by atoms with Crippen LogP contribution >= 0.6 is 24.0 Å². The van der Waals surface area contributed by atoms with Gasteiger partial charge in [-0.1, -0.05) is 26.0 Å². The molecule has 2 atom stereocenters. The number of halogens is 1. The maximum atomic E-state index is 5.78. The second kappa shape index (κ2) is 13.3. The van der Waals surface area contributed by atoms with Gasteiger partial charge in [-0.3, -0.25) is 9.89 Å². The van der Waals surface area contributed by atoms with Gasteiger partial charge >= 0.3 is 0 Å². The molecule has 1 heterocycles. The predicted octanol–water partition coefficient (Wildman–Crippen LogP) is 3.20. The Hall–Kier alpha value is -1.06. The van der Waals surface area contributed by atoms with Crippen molar-refractivity contribution in [3.8, 4) is 5.75 Å². The van der Waals surface area contributed by atoms with Crippen molar-refractivity contribution in [3.05, 3.63) is 29.8 Å². The highest BCUT2D eigenvalue weighted by molar-refractivity contribution is 14.0. The average Bonchev–Trinajstić information content (AvgIpc) is 2.67. The Labute approximate surface area is 194 Å². The van der Waals surface area contributed by atoms with Crippen LogP contribution in [0.5, 0.6) is 5.75 Å². The maximum Gasteiger partial charge on any atom is 0.191 e. The Morgan fingerprint density at radius 3 is 2.48 bits per heavy atom. The fraction of sp³-hybridized carbons (Fsp3) is 0.682. The summed E-state index contributed by atoms with van der Waals surface area (Å²) in [6.45, 7) is 14.3. The minimum atomic E-state index is 0. The molecule has 1 aromatic rings. The lowest BCUT2D eigenvalue weighted by molar-refractivity contribution is 0.119. The van der Waals surface area contributed by atoms with Crippen molar-refractivity contribution in [1.29, 1.82) is 0 Å². The van der Waals surface area contributed by atoms with Crippen LogP contribution in [0.2, 0.25) is 0 Å². The molecular weight excluding hydrogens is 477 g/mol. The molecular formula is C22H40IN5O. The Morgan fingerprint density at radius 1 is 1.17 bits per heavy atom. The van der Waals surface area contributed by atoms with Gasteiger partial charge in [0.15, 0.2) is 5.96 Å². The highest BCUT2D eigenvalue weighted by Gasteiger charge is 2.21. The number of hydrogen-bond acceptors (Lipinski definition) is 4. The molecule has 7 heteroatoms. The summed E-state index contributed by atoms with van der Waals surface area (Å²) in [5.41, 5.74) is 1.22. The van der Waals surface area contributed by atoms with Crippen molar-refractivity contribution < 1.29 is 4.74 Å². The Morgan fingerprint density at radius 2 is 1.86 bits per heavy atom. The smallest absolute Gasteiger partial charge is 0.191 e. The molecule has 2 N–H and O–H groups in total. The van der Waals surface area contributed by atoms with Gasteiger partial charge in [0, 0.05) is 32.2 Å². The fourth-order valence-electron chi connectivity index (χ4n) is 3.22. The quantitative estimate of drug-likeness (QED) is 0.315. The molecule has 0 spiro atoms. The molecule has 1 aliphatic rings. The van der Waals surface area contributed by atoms with Crippen LogP contribution in [0.3, 0.4) is 0 Å². The second-order valence-electron chi connectivity index (χ2n) is 8.26. The largest absolute Gasteiger partial charge is 0.493 e. The minimum Gasteiger partial charge on any atom is -0.493 e. The maximum absolute atomic E-state index is 5.78. The minimum absolute atomic E-state index is 0. The van der Waals surface area contributed by atoms with Gasteiger partial charge in [-0.05, 0) is 51.6 Å². The van der Waals surface area contributed by atoms with Crippen LogP contribution in [0.25, 0.3) is 0 Å². The van der Waals surface area contributed by atoms with E-state index < -0.39 is 0 Å². The fourth-order valence-corrected chi connectivity index (χ4v) is 3.22. The molecule has 2 rings (SSSR count). The number of nitrogens with one attached hydrogen (secondary N) is 2. The lowest BCUT2D eigenvalue weighted by Gasteiger charge is -2.37. The van der Waals surface area contributed by atoms with Gasteiger partial charge in [0.1, 0.15) is 5.75 Å². The molecule has 0 aromatic heterocycles. The van der Waals surface area contributed by atoms with E-state index in [1.54, 1.807) is 0 Å². The van der Waals surface area contributed by atoms with Crippen LogP contribution in [0.1, 0.15) is 39.3 Å². The molecule has 0 radical (unpaired) electrons. The summed E-state index contributed by atoms with van der Waals surface area (Å²) in [5, 5.41) is 6.91. The van der Waals surface area contributed by atoms with Crippen molar-refractivity contribution in [3.63, 3.8) is 0 Å². The van der Waals surface area contributed by atoms with Crippen molar-refractivity contribution >= 4 is 29.9 Å². The topological polar surface area (TPSA) is 52.1 Å². The normalized spacial score (nSPS) is 19.6. The summed E-state index contributed by atoms with van der Waals surface area (Å²) >= 11 is 0. The highest BCUT2D eigenvalue weighted by atomic mass is 127. The van der Waals surface area contributed by atoms with E-state index in [1.165, 1.54) is 5.56 Å². The number of likely N-dealkylation sites (N-methyl/N-ethyl adjacent to an activating group) is 2. The van der Waals surface area contributed by atoms with Crippen molar-refractivity contribution in [1.82, 2.24) is 20.4 Å². The SMILES string of the molecule is CCNC(=NCC1CN(C)CCN1C)NC(C)c1ccc(OCC(C)C)cc1.I. The summed E-state index contributed by atoms with van der Waals surface area (Å²) in [5.74, 6) is 2.33. The monoisotopic (exact) mass is 517 g/mol. The lowest BCUT2D eigenvalue weighted by Crippen LogP contribution is -2.51. The van der Waals surface area contributed by atoms with Gasteiger partial charge in [-0.25, -0.2) is 0 Å². The molecule has 0 saturated carbocycles. The summed E-state index contributed by atoms with van der Waals surface area (Å²) in [6, 6.07) is 8.98. The first kappa shape index (κ1) is 26.0. The standard InChI is InChI=1S/C22H39N5O.HI/c1-7-23-22(24-14-20-15-26(5)12-13-27(20)6)25-18(4)19-8-10-21(11-9-19)28-16-17(2)3;/h8-11,17-18,20H,7,12-16H2,1-6H3,(H2,23,24,25);1H. The van der Waals surface area contributed by atoms with E-state index in [9.17, 15) is 0 Å². The lowest BCUT2D eigenvalue weighted by atomic mass is 10.1. The van der Waals surface area contributed by atoms with E-state index in [1.807, 2.05) is 12.1 Å². The van der Waals surface area contributed by atoms with Gasteiger partial charge < -0.3 is 20.3 Å². The number of rotatable bonds is 8. The van der Waals surface area contributed by atoms with Crippen LogP contribution in [-0.4, -0.2) is 75.2 Å². The molecule has 0 bridgehead atoms. The first-order valence-electron chi connectivity index (χ1n) is 10.6. The molecule has 1 saturated heterocycles. The third-order valence-electron chi connectivity index (χ3n) is 5.10. The summed E-state index contributed by atoms with van der Waals surface area (Å²) in [4.78, 5) is 9.65. The van der Waals surface area contributed by atoms with Gasteiger partial charge in [-0.15, -0.1) is 24.0 Å². The molecule has 0 amide bonds. The van der Waals surface area contributed by atoms with Gasteiger partial charge in [-0.2, -0.15) is 0 Å². The van der Waals surface area contributed by atoms with E-state index in [2.05, 4.69) is 74.4 Å². The molecule has 1 aliphatic heterocycles. The number of aliphatic imine (C=N–C) groups is 1. The molecule has 6 nitrogen and oxygen atoms in total. The first-order chi connectivity index (χ1) is 13.4. The third kappa shape index (κ3) is 9.09. The summed E-state index contributed by atoms with van der Waals surface area (Å²) in [6.07, 6.45) is 0. The number of benzene rings is 1. The van der Waals surface area contributed by atoms with Crippen LogP contribution < -0.4 is 15.4 Å². The van der Waals surface area contributed by atoms with Gasteiger partial charge in [0.05, 0.1) is 19.2 Å². The Balaban J connectivity index is 0.00000420. The van der Waals surface area contributed by atoms with E-state index in [0.717, 1.165) is 51.0 Å². The third-order valence-corrected chi connectivity index (χ3v) is 5.10. The van der Waals surface area contributed by atoms with E-state index in [0.29, 0.717) is 12.0 Å². The Kier molecular flexibility index (Phi) is 11.9. The second-order valence-corrected chi connectivity index (χ2v) is 8.26. The zero-order valence-electron chi connectivity index (χ0n) is 18.9. The zero-order valence-corrected chi connectivity index (χ0v) is 21.3. The number of piperazine rings is 1. The predicted molar refractivity (Wildman–Crippen MR) is 134 cm³/mol. The molecule has 2 unspecified atom stereocenters. The van der Waals surface area contributed by atoms with Gasteiger partial charge in [0.25, 0.3) is 0 Å². The van der Waals surface area contributed by atoms with Crippen molar-refractivity contribution in [2.24, 2.45) is 10.9 Å². The Bertz CT molecular complexity index is 608. The zero-order chi connectivity index (χ0) is 20.5. The van der Waals surface area contributed by atoms with E-state index >= 15 is 0 Å². The molecule has 29 heavy (non-hydrogen) atoms. The molecule has 1 fully saturated rings. The first-order valence-corrected chi connectivity index (χ1v) is 10.6. The number of guanidine groups is 1. The van der Waals surface area contributed by atoms with E-state index in [-0.39, 0.29) is 30.0 Å². The number of ether oxygens (including phenoxy) is 1. The van der Waals surface area contributed by atoms with Crippen molar-refractivity contribution in [2.75, 3.05) is 53.4 Å². The molecule has 166 valence electrons. The van der Waals surface area contributed by atoms with Crippen LogP contribution in [-0.2, 0) is 0 Å². The highest BCUT2D eigenvalue weighted by Crippen LogP contribution is 2.18. The van der Waals surface area contributed by atoms with Gasteiger partial charge in [0.2, 0.25) is 0 Å². The average molecular weight is 518 g/mol. The summed E-state index contributed by atoms with van der Waals surface area (Å²) < 4.78 is 5.78. The molecule has 0 aliphatic carbocycles. The van der Waals surface area contributed by atoms with Crippen LogP contribution in [0.4, 0.5) is 0 Å². The number of hydrogen-bond donors (Lipinski definition) is 2. The van der Waals surface area contributed by atoms with Crippen LogP contribution in [0.15, 0.2) is 29.3 Å². The number of nitrogens with zero attached hydrogens (tertiary/aromatic N) is 3. The van der Waals surface area contributed by atoms with E-state index in [4.69, 9.17) is 9.73 Å². The summed E-state index contributed by atoms with van der Waals surface area (Å²) in [7, 11) is 4.38. The van der Waals surface area contributed by atoms with Crippen molar-refractivity contribution in [2.45, 2.75) is 39.8 Å².